The molecule has 0 unspecified atom stereocenters. The number of aromatic nitrogens is 2. The Morgan fingerprint density at radius 2 is 1.70 bits per heavy atom. The van der Waals surface area contributed by atoms with Crippen LogP contribution < -0.4 is 5.56 Å². The lowest BCUT2D eigenvalue weighted by Crippen LogP contribution is -2.22. The molecule has 1 aromatic heterocycles. The van der Waals surface area contributed by atoms with Gasteiger partial charge in [-0.15, -0.1) is 15.3 Å². The molecule has 0 amide bonds. The molecule has 0 saturated heterocycles. The third-order valence-electron chi connectivity index (χ3n) is 4.30. The molecule has 1 heterocycles. The van der Waals surface area contributed by atoms with E-state index in [1.54, 1.807) is 43.3 Å². The van der Waals surface area contributed by atoms with Crippen LogP contribution >= 0.6 is 23.2 Å². The van der Waals surface area contributed by atoms with E-state index in [9.17, 15) is 4.79 Å². The van der Waals surface area contributed by atoms with E-state index in [4.69, 9.17) is 23.2 Å². The van der Waals surface area contributed by atoms with Crippen LogP contribution in [0, 0.1) is 6.92 Å². The highest BCUT2D eigenvalue weighted by molar-refractivity contribution is 6.35. The van der Waals surface area contributed by atoms with E-state index in [2.05, 4.69) is 20.3 Å². The molecule has 0 radical (unpaired) electrons. The summed E-state index contributed by atoms with van der Waals surface area (Å²) < 4.78 is 1.23. The number of azo groups is 1. The summed E-state index contributed by atoms with van der Waals surface area (Å²) >= 11 is 12.2. The summed E-state index contributed by atoms with van der Waals surface area (Å²) in [5, 5.41) is 14.3. The number of para-hydroxylation sites is 1. The Kier molecular flexibility index (Phi) is 5.70. The van der Waals surface area contributed by atoms with Crippen LogP contribution in [0.15, 0.2) is 92.9 Å². The van der Waals surface area contributed by atoms with E-state index in [0.717, 1.165) is 0 Å². The number of halogens is 2. The van der Waals surface area contributed by atoms with Crippen LogP contribution in [0.2, 0.25) is 10.0 Å². The molecule has 0 aliphatic rings. The summed E-state index contributed by atoms with van der Waals surface area (Å²) in [5.41, 5.74) is 1.40. The maximum Gasteiger partial charge on any atom is 0.282 e. The molecule has 148 valence electrons. The van der Waals surface area contributed by atoms with Crippen molar-refractivity contribution in [2.24, 2.45) is 15.3 Å². The molecule has 0 aliphatic heterocycles. The number of nitrogens with zero attached hydrogens (tertiary/aromatic N) is 5. The molecule has 6 nitrogen and oxygen atoms in total. The minimum absolute atomic E-state index is 0.230. The zero-order valence-corrected chi connectivity index (χ0v) is 17.3. The van der Waals surface area contributed by atoms with Crippen LogP contribution in [-0.2, 0) is 0 Å². The molecule has 0 aliphatic carbocycles. The Bertz CT molecular complexity index is 1350. The average Bonchev–Trinajstić information content (AvgIpc) is 2.76. The van der Waals surface area contributed by atoms with E-state index < -0.39 is 0 Å². The lowest BCUT2D eigenvalue weighted by molar-refractivity contribution is 0.764. The van der Waals surface area contributed by atoms with Crippen molar-refractivity contribution in [3.63, 3.8) is 0 Å². The van der Waals surface area contributed by atoms with Crippen molar-refractivity contribution in [1.82, 2.24) is 9.66 Å². The second kappa shape index (κ2) is 8.57. The number of amidine groups is 1. The number of fused-ring (bicyclic) bond motifs is 1. The quantitative estimate of drug-likeness (QED) is 0.224. The van der Waals surface area contributed by atoms with Gasteiger partial charge < -0.3 is 0 Å². The smallest absolute Gasteiger partial charge is 0.267 e. The molecule has 0 spiro atoms. The molecule has 4 aromatic rings. The van der Waals surface area contributed by atoms with Crippen molar-refractivity contribution in [3.05, 3.63) is 105 Å². The van der Waals surface area contributed by atoms with Gasteiger partial charge in [-0.05, 0) is 37.3 Å². The van der Waals surface area contributed by atoms with Gasteiger partial charge in [-0.3, -0.25) is 4.79 Å². The number of hydrogen-bond acceptors (Lipinski definition) is 4. The lowest BCUT2D eigenvalue weighted by Gasteiger charge is -2.07. The van der Waals surface area contributed by atoms with Crippen molar-refractivity contribution in [2.45, 2.75) is 6.92 Å². The van der Waals surface area contributed by atoms with Gasteiger partial charge in [0.1, 0.15) is 11.5 Å². The molecule has 0 N–H and O–H groups in total. The van der Waals surface area contributed by atoms with Gasteiger partial charge in [0.2, 0.25) is 5.84 Å². The highest BCUT2D eigenvalue weighted by Crippen LogP contribution is 2.28. The van der Waals surface area contributed by atoms with Crippen molar-refractivity contribution in [1.29, 1.82) is 0 Å². The first kappa shape index (κ1) is 19.9. The highest BCUT2D eigenvalue weighted by Gasteiger charge is 2.10. The van der Waals surface area contributed by atoms with E-state index in [1.165, 1.54) is 4.68 Å². The molecular weight excluding hydrogens is 421 g/mol. The Morgan fingerprint density at radius 1 is 0.967 bits per heavy atom. The number of benzene rings is 3. The average molecular weight is 436 g/mol. The fourth-order valence-electron chi connectivity index (χ4n) is 2.83. The predicted molar refractivity (Wildman–Crippen MR) is 120 cm³/mol. The van der Waals surface area contributed by atoms with Crippen LogP contribution in [-0.4, -0.2) is 15.5 Å². The third kappa shape index (κ3) is 4.15. The van der Waals surface area contributed by atoms with E-state index >= 15 is 0 Å². The first-order valence-electron chi connectivity index (χ1n) is 9.02. The zero-order chi connectivity index (χ0) is 21.1. The van der Waals surface area contributed by atoms with Crippen molar-refractivity contribution in [3.8, 4) is 0 Å². The van der Waals surface area contributed by atoms with Gasteiger partial charge in [-0.25, -0.2) is 4.98 Å². The summed E-state index contributed by atoms with van der Waals surface area (Å²) in [6.45, 7) is 1.71. The fraction of sp³-hybridized carbons (Fsp3) is 0.0455. The third-order valence-corrected chi connectivity index (χ3v) is 4.86. The maximum absolute atomic E-state index is 13.0. The minimum atomic E-state index is -0.289. The van der Waals surface area contributed by atoms with Gasteiger partial charge in [0.05, 0.1) is 15.9 Å². The number of aryl methyl sites for hydroxylation is 1. The van der Waals surface area contributed by atoms with E-state index in [1.807, 2.05) is 36.4 Å². The molecule has 4 rings (SSSR count). The zero-order valence-electron chi connectivity index (χ0n) is 15.8. The van der Waals surface area contributed by atoms with E-state index in [-0.39, 0.29) is 11.4 Å². The summed E-state index contributed by atoms with van der Waals surface area (Å²) in [6.07, 6.45) is 0. The lowest BCUT2D eigenvalue weighted by atomic mass is 10.2. The molecule has 0 bridgehead atoms. The number of hydrogen-bond donors (Lipinski definition) is 0. The maximum atomic E-state index is 13.0. The van der Waals surface area contributed by atoms with Gasteiger partial charge in [0.15, 0.2) is 0 Å². The molecular formula is C22H15Cl2N5O. The molecule has 0 saturated carbocycles. The van der Waals surface area contributed by atoms with Gasteiger partial charge in [0.25, 0.3) is 5.56 Å². The molecule has 3 aromatic carbocycles. The number of rotatable bonds is 3. The van der Waals surface area contributed by atoms with Crippen molar-refractivity contribution < 1.29 is 0 Å². The Balaban J connectivity index is 1.88. The Hall–Kier alpha value is -3.35. The minimum Gasteiger partial charge on any atom is -0.267 e. The first-order valence-corrected chi connectivity index (χ1v) is 9.78. The van der Waals surface area contributed by atoms with Crippen LogP contribution in [0.1, 0.15) is 11.4 Å². The van der Waals surface area contributed by atoms with Gasteiger partial charge in [0, 0.05) is 10.6 Å². The summed E-state index contributed by atoms with van der Waals surface area (Å²) in [4.78, 5) is 17.5. The largest absolute Gasteiger partial charge is 0.282 e. The normalized spacial score (nSPS) is 12.0. The van der Waals surface area contributed by atoms with Gasteiger partial charge in [-0.2, -0.15) is 4.68 Å². The first-order chi connectivity index (χ1) is 14.5. The molecule has 0 atom stereocenters. The van der Waals surface area contributed by atoms with Crippen LogP contribution in [0.5, 0.6) is 0 Å². The van der Waals surface area contributed by atoms with Crippen LogP contribution in [0.3, 0.4) is 0 Å². The Morgan fingerprint density at radius 3 is 2.50 bits per heavy atom. The Labute approximate surface area is 182 Å². The summed E-state index contributed by atoms with van der Waals surface area (Å²) in [7, 11) is 0. The predicted octanol–water partition coefficient (Wildman–Crippen LogP) is 6.01. The summed E-state index contributed by atoms with van der Waals surface area (Å²) in [5.74, 6) is 0.664. The topological polar surface area (TPSA) is 72.0 Å². The van der Waals surface area contributed by atoms with Crippen LogP contribution in [0.4, 0.5) is 5.69 Å². The SMILES string of the molecule is Cc1nc2ccccc2c(=O)n1/N=C(\N=Nc1cc(Cl)ccc1Cl)c1ccccc1. The second-order valence-corrected chi connectivity index (χ2v) is 7.22. The highest BCUT2D eigenvalue weighted by atomic mass is 35.5. The van der Waals surface area contributed by atoms with Gasteiger partial charge in [-0.1, -0.05) is 65.7 Å². The monoisotopic (exact) mass is 435 g/mol. The standard InChI is InChI=1S/C22H15Cl2N5O/c1-14-25-19-10-6-5-9-17(19)22(30)29(14)28-21(15-7-3-2-4-8-15)27-26-20-13-16(23)11-12-18(20)24/h2-13H,1H3/b27-26?,28-21-. The van der Waals surface area contributed by atoms with Crippen LogP contribution in [0.25, 0.3) is 10.9 Å². The summed E-state index contributed by atoms with van der Waals surface area (Å²) in [6, 6.07) is 21.3. The van der Waals surface area contributed by atoms with Crippen molar-refractivity contribution >= 4 is 45.6 Å². The molecule has 8 heteroatoms. The molecule has 0 fully saturated rings. The fourth-order valence-corrected chi connectivity index (χ4v) is 3.16. The van der Waals surface area contributed by atoms with Crippen molar-refractivity contribution in [2.75, 3.05) is 0 Å². The molecule has 30 heavy (non-hydrogen) atoms. The second-order valence-electron chi connectivity index (χ2n) is 6.38. The van der Waals surface area contributed by atoms with Gasteiger partial charge >= 0.3 is 0 Å². The van der Waals surface area contributed by atoms with E-state index in [0.29, 0.717) is 38.0 Å².